The number of hydrogen-bond donors (Lipinski definition) is 3. The lowest BCUT2D eigenvalue weighted by Crippen LogP contribution is -2.47. The van der Waals surface area contributed by atoms with Crippen molar-refractivity contribution in [1.29, 1.82) is 0 Å². The zero-order valence-corrected chi connectivity index (χ0v) is 27.5. The molecule has 228 valence electrons. The van der Waals surface area contributed by atoms with Gasteiger partial charge in [-0.2, -0.15) is 0 Å². The van der Waals surface area contributed by atoms with Crippen molar-refractivity contribution in [3.8, 4) is 17.2 Å². The van der Waals surface area contributed by atoms with E-state index in [0.29, 0.717) is 38.4 Å². The SMILES string of the molecule is COc1cc(N2CCN(CCO)CC2)ccc1Nc1ncnc2c(C(=O)Nc3c(Cl)c(OC)c(Br)c(OC)c3Cl)csc12. The van der Waals surface area contributed by atoms with Crippen molar-refractivity contribution in [2.45, 2.75) is 0 Å². The number of ether oxygens (including phenoxy) is 3. The fourth-order valence-electron chi connectivity index (χ4n) is 4.85. The Kier molecular flexibility index (Phi) is 9.99. The van der Waals surface area contributed by atoms with Crippen LogP contribution in [-0.4, -0.2) is 86.5 Å². The first-order chi connectivity index (χ1) is 20.8. The van der Waals surface area contributed by atoms with Crippen molar-refractivity contribution in [2.75, 3.05) is 76.2 Å². The van der Waals surface area contributed by atoms with Crippen LogP contribution in [0.2, 0.25) is 10.0 Å². The summed E-state index contributed by atoms with van der Waals surface area (Å²) in [6.45, 7) is 4.35. The van der Waals surface area contributed by atoms with Crippen LogP contribution in [0.5, 0.6) is 17.2 Å². The number of aliphatic hydroxyl groups is 1. The Bertz CT molecular complexity index is 1620. The summed E-state index contributed by atoms with van der Waals surface area (Å²) >= 11 is 17.8. The van der Waals surface area contributed by atoms with E-state index in [1.807, 2.05) is 18.2 Å². The summed E-state index contributed by atoms with van der Waals surface area (Å²) in [6, 6.07) is 5.97. The van der Waals surface area contributed by atoms with Gasteiger partial charge in [-0.15, -0.1) is 11.3 Å². The lowest BCUT2D eigenvalue weighted by atomic mass is 10.2. The predicted octanol–water partition coefficient (Wildman–Crippen LogP) is 5.90. The number of aromatic nitrogens is 2. The molecule has 2 aromatic carbocycles. The molecule has 0 atom stereocenters. The normalized spacial score (nSPS) is 13.7. The van der Waals surface area contributed by atoms with E-state index in [4.69, 9.17) is 37.4 Å². The number of rotatable bonds is 10. The van der Waals surface area contributed by atoms with Gasteiger partial charge in [0.25, 0.3) is 5.91 Å². The molecule has 3 heterocycles. The van der Waals surface area contributed by atoms with E-state index in [1.54, 1.807) is 12.5 Å². The maximum absolute atomic E-state index is 13.5. The number of piperazine rings is 1. The van der Waals surface area contributed by atoms with E-state index in [1.165, 1.54) is 31.9 Å². The Morgan fingerprint density at radius 2 is 1.77 bits per heavy atom. The number of nitrogens with one attached hydrogen (secondary N) is 2. The van der Waals surface area contributed by atoms with Gasteiger partial charge in [-0.25, -0.2) is 9.97 Å². The highest BCUT2D eigenvalue weighted by Crippen LogP contribution is 2.50. The molecule has 1 fully saturated rings. The van der Waals surface area contributed by atoms with E-state index in [0.717, 1.165) is 37.6 Å². The average molecular weight is 712 g/mol. The first kappa shape index (κ1) is 31.4. The van der Waals surface area contributed by atoms with Crippen LogP contribution < -0.4 is 29.7 Å². The van der Waals surface area contributed by atoms with Crippen LogP contribution in [0.15, 0.2) is 34.4 Å². The highest BCUT2D eigenvalue weighted by molar-refractivity contribution is 9.10. The zero-order chi connectivity index (χ0) is 30.7. The molecule has 0 aliphatic carbocycles. The van der Waals surface area contributed by atoms with Crippen molar-refractivity contribution >= 4 is 89.5 Å². The topological polar surface area (TPSA) is 121 Å². The third-order valence-electron chi connectivity index (χ3n) is 7.07. The minimum atomic E-state index is -0.466. The molecule has 0 radical (unpaired) electrons. The van der Waals surface area contributed by atoms with Crippen LogP contribution in [0, 0.1) is 0 Å². The highest BCUT2D eigenvalue weighted by Gasteiger charge is 2.26. The summed E-state index contributed by atoms with van der Waals surface area (Å²) in [6.07, 6.45) is 1.40. The monoisotopic (exact) mass is 710 g/mol. The molecule has 43 heavy (non-hydrogen) atoms. The lowest BCUT2D eigenvalue weighted by molar-refractivity contribution is 0.102. The highest BCUT2D eigenvalue weighted by atomic mass is 79.9. The van der Waals surface area contributed by atoms with Gasteiger partial charge in [-0.3, -0.25) is 9.69 Å². The number of carbonyl (C=O) groups excluding carboxylic acids is 1. The maximum atomic E-state index is 13.5. The third-order valence-corrected chi connectivity index (χ3v) is 9.49. The molecule has 5 rings (SSSR count). The van der Waals surface area contributed by atoms with Crippen molar-refractivity contribution in [3.05, 3.63) is 50.0 Å². The second-order valence-electron chi connectivity index (χ2n) is 9.45. The standard InChI is InChI=1S/C28H29BrCl2N6O5S/c1-40-18-12-15(37-8-6-36(7-9-37)10-11-38)4-5-17(18)34-27-26-22(32-14-33-27)16(13-43-26)28(39)35-23-20(30)24(41-2)19(29)25(42-3)21(23)31/h4-5,12-14,38H,6-11H2,1-3H3,(H,35,39)(H,32,33,34). The van der Waals surface area contributed by atoms with Gasteiger partial charge in [0, 0.05) is 49.9 Å². The van der Waals surface area contributed by atoms with Gasteiger partial charge in [-0.05, 0) is 28.1 Å². The number of benzene rings is 2. The number of carbonyl (C=O) groups is 1. The molecule has 0 unspecified atom stereocenters. The third kappa shape index (κ3) is 6.28. The molecule has 4 aromatic rings. The van der Waals surface area contributed by atoms with Crippen molar-refractivity contribution in [3.63, 3.8) is 0 Å². The Morgan fingerprint density at radius 3 is 2.40 bits per heavy atom. The quantitative estimate of drug-likeness (QED) is 0.184. The van der Waals surface area contributed by atoms with E-state index in [2.05, 4.69) is 46.3 Å². The molecule has 1 saturated heterocycles. The summed E-state index contributed by atoms with van der Waals surface area (Å²) in [5.74, 6) is 1.25. The summed E-state index contributed by atoms with van der Waals surface area (Å²) in [7, 11) is 4.52. The summed E-state index contributed by atoms with van der Waals surface area (Å²) in [5.41, 5.74) is 2.70. The summed E-state index contributed by atoms with van der Waals surface area (Å²) in [4.78, 5) is 26.8. The van der Waals surface area contributed by atoms with Crippen LogP contribution in [0.25, 0.3) is 10.2 Å². The molecule has 3 N–H and O–H groups in total. The smallest absolute Gasteiger partial charge is 0.258 e. The largest absolute Gasteiger partial charge is 0.494 e. The molecule has 0 bridgehead atoms. The second kappa shape index (κ2) is 13.7. The molecule has 1 aliphatic heterocycles. The van der Waals surface area contributed by atoms with Crippen LogP contribution in [-0.2, 0) is 0 Å². The molecule has 1 amide bonds. The second-order valence-corrected chi connectivity index (χ2v) is 11.9. The number of aliphatic hydroxyl groups excluding tert-OH is 1. The molecular weight excluding hydrogens is 683 g/mol. The van der Waals surface area contributed by atoms with Gasteiger partial charge >= 0.3 is 0 Å². The molecule has 11 nitrogen and oxygen atoms in total. The van der Waals surface area contributed by atoms with Crippen LogP contribution in [0.1, 0.15) is 10.4 Å². The Labute approximate surface area is 270 Å². The Morgan fingerprint density at radius 1 is 1.07 bits per heavy atom. The Balaban J connectivity index is 1.39. The van der Waals surface area contributed by atoms with Crippen molar-refractivity contribution < 1.29 is 24.1 Å². The number of nitrogens with zero attached hydrogens (tertiary/aromatic N) is 4. The Hall–Kier alpha value is -3.07. The first-order valence-corrected chi connectivity index (χ1v) is 15.6. The fraction of sp³-hybridized carbons (Fsp3) is 0.321. The summed E-state index contributed by atoms with van der Waals surface area (Å²) in [5, 5.41) is 17.3. The number of thiophene rings is 1. The number of amides is 1. The van der Waals surface area contributed by atoms with E-state index in [9.17, 15) is 9.90 Å². The molecule has 2 aromatic heterocycles. The average Bonchev–Trinajstić information content (AvgIpc) is 3.46. The number of fused-ring (bicyclic) bond motifs is 1. The fourth-order valence-corrected chi connectivity index (χ4v) is 7.42. The van der Waals surface area contributed by atoms with Gasteiger partial charge in [-0.1, -0.05) is 23.2 Å². The molecule has 15 heteroatoms. The van der Waals surface area contributed by atoms with Gasteiger partial charge < -0.3 is 34.9 Å². The predicted molar refractivity (Wildman–Crippen MR) is 175 cm³/mol. The van der Waals surface area contributed by atoms with E-state index >= 15 is 0 Å². The van der Waals surface area contributed by atoms with E-state index in [-0.39, 0.29) is 33.8 Å². The van der Waals surface area contributed by atoms with Gasteiger partial charge in [0.15, 0.2) is 17.3 Å². The number of hydrogen-bond acceptors (Lipinski definition) is 11. The maximum Gasteiger partial charge on any atom is 0.258 e. The van der Waals surface area contributed by atoms with Gasteiger partial charge in [0.2, 0.25) is 0 Å². The van der Waals surface area contributed by atoms with Crippen molar-refractivity contribution in [1.82, 2.24) is 14.9 Å². The summed E-state index contributed by atoms with van der Waals surface area (Å²) < 4.78 is 17.6. The van der Waals surface area contributed by atoms with Crippen LogP contribution >= 0.6 is 50.5 Å². The minimum absolute atomic E-state index is 0.118. The zero-order valence-electron chi connectivity index (χ0n) is 23.5. The van der Waals surface area contributed by atoms with Crippen LogP contribution in [0.4, 0.5) is 22.9 Å². The molecule has 1 aliphatic rings. The van der Waals surface area contributed by atoms with Gasteiger partial charge in [0.05, 0.1) is 55.1 Å². The van der Waals surface area contributed by atoms with Crippen LogP contribution in [0.3, 0.4) is 0 Å². The lowest BCUT2D eigenvalue weighted by Gasteiger charge is -2.36. The number of halogens is 3. The van der Waals surface area contributed by atoms with Crippen molar-refractivity contribution in [2.24, 2.45) is 0 Å². The molecule has 0 saturated carbocycles. The van der Waals surface area contributed by atoms with E-state index < -0.39 is 5.91 Å². The van der Waals surface area contributed by atoms with Gasteiger partial charge in [0.1, 0.15) is 26.6 Å². The number of methoxy groups -OCH3 is 3. The molecule has 0 spiro atoms. The minimum Gasteiger partial charge on any atom is -0.494 e. The number of anilines is 4. The number of β-amino-alcohol motifs (C(OH)–C–C–N with tert-alkyl or cyclic N) is 1. The first-order valence-electron chi connectivity index (χ1n) is 13.2. The molecular formula is C28H29BrCl2N6O5S.